The van der Waals surface area contributed by atoms with Gasteiger partial charge in [-0.05, 0) is 31.0 Å². The van der Waals surface area contributed by atoms with Crippen LogP contribution in [0.1, 0.15) is 18.9 Å². The van der Waals surface area contributed by atoms with Crippen LogP contribution < -0.4 is 10.6 Å². The van der Waals surface area contributed by atoms with Crippen LogP contribution in [-0.4, -0.2) is 58.8 Å². The summed E-state index contributed by atoms with van der Waals surface area (Å²) in [6.07, 6.45) is 1.17. The Hall–Kier alpha value is -1.89. The molecule has 1 fully saturated rings. The van der Waals surface area contributed by atoms with Gasteiger partial charge in [0, 0.05) is 38.1 Å². The molecule has 11 heteroatoms. The van der Waals surface area contributed by atoms with Gasteiger partial charge in [-0.3, -0.25) is 4.90 Å². The highest BCUT2D eigenvalue weighted by Gasteiger charge is 2.34. The van der Waals surface area contributed by atoms with E-state index in [0.717, 1.165) is 0 Å². The minimum Gasteiger partial charge on any atom is -0.357 e. The Kier molecular flexibility index (Phi) is 8.89. The molecule has 3 rings (SSSR count). The van der Waals surface area contributed by atoms with E-state index in [2.05, 4.69) is 20.6 Å². The Balaban J connectivity index is 0.00000320. The molecular formula is C19H25F4IN6. The second kappa shape index (κ2) is 10.9. The second-order valence-corrected chi connectivity index (χ2v) is 6.93. The Bertz CT molecular complexity index is 825. The third kappa shape index (κ3) is 7.11. The summed E-state index contributed by atoms with van der Waals surface area (Å²) >= 11 is 0. The minimum absolute atomic E-state index is 0. The van der Waals surface area contributed by atoms with Crippen LogP contribution in [0.4, 0.5) is 17.6 Å². The number of benzene rings is 1. The lowest BCUT2D eigenvalue weighted by Crippen LogP contribution is -2.45. The Morgan fingerprint density at radius 3 is 2.77 bits per heavy atom. The smallest absolute Gasteiger partial charge is 0.357 e. The molecule has 0 spiro atoms. The average molecular weight is 540 g/mol. The molecule has 166 valence electrons. The van der Waals surface area contributed by atoms with Gasteiger partial charge in [0.2, 0.25) is 0 Å². The molecule has 1 aromatic heterocycles. The van der Waals surface area contributed by atoms with E-state index in [1.165, 1.54) is 17.3 Å². The summed E-state index contributed by atoms with van der Waals surface area (Å²) in [5.74, 6) is 0.123. The predicted octanol–water partition coefficient (Wildman–Crippen LogP) is 3.32. The fraction of sp³-hybridized carbons (Fsp3) is 0.474. The lowest BCUT2D eigenvalue weighted by Gasteiger charge is -2.19. The van der Waals surface area contributed by atoms with Crippen molar-refractivity contribution >= 4 is 29.9 Å². The molecule has 1 unspecified atom stereocenters. The number of imidazole rings is 1. The Labute approximate surface area is 189 Å². The van der Waals surface area contributed by atoms with Crippen LogP contribution in [0.15, 0.2) is 41.9 Å². The van der Waals surface area contributed by atoms with Crippen LogP contribution in [0.2, 0.25) is 0 Å². The van der Waals surface area contributed by atoms with E-state index in [1.807, 2.05) is 6.92 Å². The van der Waals surface area contributed by atoms with Gasteiger partial charge in [-0.2, -0.15) is 13.2 Å². The van der Waals surface area contributed by atoms with Crippen molar-refractivity contribution in [3.8, 4) is 5.69 Å². The summed E-state index contributed by atoms with van der Waals surface area (Å²) in [5, 5.41) is 6.26. The first-order valence-electron chi connectivity index (χ1n) is 9.45. The fourth-order valence-corrected chi connectivity index (χ4v) is 3.29. The van der Waals surface area contributed by atoms with Crippen molar-refractivity contribution in [2.75, 3.05) is 26.2 Å². The predicted molar refractivity (Wildman–Crippen MR) is 118 cm³/mol. The number of nitrogens with one attached hydrogen (secondary N) is 2. The van der Waals surface area contributed by atoms with Crippen molar-refractivity contribution in [2.24, 2.45) is 4.99 Å². The van der Waals surface area contributed by atoms with Crippen molar-refractivity contribution in [3.63, 3.8) is 0 Å². The monoisotopic (exact) mass is 540 g/mol. The highest BCUT2D eigenvalue weighted by Crippen LogP contribution is 2.20. The van der Waals surface area contributed by atoms with Gasteiger partial charge in [0.05, 0.1) is 25.1 Å². The molecule has 0 saturated carbocycles. The fourth-order valence-electron chi connectivity index (χ4n) is 3.29. The number of alkyl halides is 3. The average Bonchev–Trinajstić information content (AvgIpc) is 3.31. The van der Waals surface area contributed by atoms with Crippen LogP contribution in [0, 0.1) is 5.82 Å². The lowest BCUT2D eigenvalue weighted by molar-refractivity contribution is -0.143. The molecule has 0 amide bonds. The molecule has 2 aromatic rings. The second-order valence-electron chi connectivity index (χ2n) is 6.93. The normalized spacial score (nSPS) is 17.6. The molecular weight excluding hydrogens is 515 g/mol. The van der Waals surface area contributed by atoms with Gasteiger partial charge in [-0.1, -0.05) is 6.07 Å². The molecule has 0 bridgehead atoms. The highest BCUT2D eigenvalue weighted by molar-refractivity contribution is 14.0. The zero-order valence-corrected chi connectivity index (χ0v) is 18.8. The topological polar surface area (TPSA) is 57.5 Å². The van der Waals surface area contributed by atoms with Gasteiger partial charge in [-0.25, -0.2) is 14.4 Å². The molecule has 30 heavy (non-hydrogen) atoms. The molecule has 6 nitrogen and oxygen atoms in total. The van der Waals surface area contributed by atoms with E-state index in [9.17, 15) is 17.6 Å². The summed E-state index contributed by atoms with van der Waals surface area (Å²) in [5.41, 5.74) is 1.09. The van der Waals surface area contributed by atoms with Gasteiger partial charge < -0.3 is 15.2 Å². The van der Waals surface area contributed by atoms with Crippen molar-refractivity contribution in [3.05, 3.63) is 48.3 Å². The van der Waals surface area contributed by atoms with Gasteiger partial charge in [0.15, 0.2) is 5.96 Å². The number of nitrogens with zero attached hydrogens (tertiary/aromatic N) is 4. The zero-order chi connectivity index (χ0) is 20.9. The zero-order valence-electron chi connectivity index (χ0n) is 16.5. The highest BCUT2D eigenvalue weighted by atomic mass is 127. The van der Waals surface area contributed by atoms with E-state index < -0.39 is 12.7 Å². The van der Waals surface area contributed by atoms with Gasteiger partial charge >= 0.3 is 6.18 Å². The molecule has 2 heterocycles. The molecule has 1 aromatic carbocycles. The van der Waals surface area contributed by atoms with Crippen molar-refractivity contribution in [2.45, 2.75) is 32.1 Å². The lowest BCUT2D eigenvalue weighted by atomic mass is 10.2. The number of aromatic nitrogens is 2. The maximum atomic E-state index is 14.4. The van der Waals surface area contributed by atoms with Crippen molar-refractivity contribution < 1.29 is 17.6 Å². The van der Waals surface area contributed by atoms with Gasteiger partial charge in [0.25, 0.3) is 0 Å². The first kappa shape index (κ1) is 24.4. The van der Waals surface area contributed by atoms with E-state index in [1.54, 1.807) is 29.1 Å². The van der Waals surface area contributed by atoms with Gasteiger partial charge in [-0.15, -0.1) is 24.0 Å². The van der Waals surface area contributed by atoms with Gasteiger partial charge in [0.1, 0.15) is 5.82 Å². The summed E-state index contributed by atoms with van der Waals surface area (Å²) in [6.45, 7) is 2.55. The van der Waals surface area contributed by atoms with Crippen LogP contribution in [0.5, 0.6) is 0 Å². The van der Waals surface area contributed by atoms with Crippen molar-refractivity contribution in [1.82, 2.24) is 25.1 Å². The first-order chi connectivity index (χ1) is 13.8. The largest absolute Gasteiger partial charge is 0.401 e. The molecule has 1 aliphatic rings. The summed E-state index contributed by atoms with van der Waals surface area (Å²) < 4.78 is 53.6. The van der Waals surface area contributed by atoms with Crippen molar-refractivity contribution in [1.29, 1.82) is 0 Å². The Morgan fingerprint density at radius 1 is 1.33 bits per heavy atom. The maximum Gasteiger partial charge on any atom is 0.401 e. The summed E-state index contributed by atoms with van der Waals surface area (Å²) in [4.78, 5) is 9.74. The quantitative estimate of drug-likeness (QED) is 0.256. The number of likely N-dealkylation sites (tertiary alicyclic amines) is 1. The number of guanidine groups is 1. The molecule has 1 atom stereocenters. The SMILES string of the molecule is CCNC(=NCc1ccc(-n2ccnc2)c(F)c1)NC1CCN(CC(F)(F)F)C1.I. The third-order valence-corrected chi connectivity index (χ3v) is 4.57. The summed E-state index contributed by atoms with van der Waals surface area (Å²) in [6, 6.07) is 4.75. The molecule has 2 N–H and O–H groups in total. The summed E-state index contributed by atoms with van der Waals surface area (Å²) in [7, 11) is 0. The number of rotatable bonds is 6. The maximum absolute atomic E-state index is 14.4. The van der Waals surface area contributed by atoms with E-state index >= 15 is 0 Å². The van der Waals surface area contributed by atoms with Crippen LogP contribution >= 0.6 is 24.0 Å². The number of hydrogen-bond donors (Lipinski definition) is 2. The number of hydrogen-bond acceptors (Lipinski definition) is 3. The standard InChI is InChI=1S/C19H24F4N6.HI/c1-2-25-18(27-15-5-7-28(11-15)12-19(21,22)23)26-10-14-3-4-17(16(20)9-14)29-8-6-24-13-29;/h3-4,6,8-9,13,15H,2,5,7,10-12H2,1H3,(H2,25,26,27);1H. The van der Waals surface area contributed by atoms with E-state index in [-0.39, 0.29) is 42.4 Å². The first-order valence-corrected chi connectivity index (χ1v) is 9.45. The number of aliphatic imine (C=N–C) groups is 1. The van der Waals surface area contributed by atoms with Crippen LogP contribution in [-0.2, 0) is 6.54 Å². The molecule has 1 saturated heterocycles. The third-order valence-electron chi connectivity index (χ3n) is 4.57. The molecule has 1 aliphatic heterocycles. The van der Waals surface area contributed by atoms with Crippen LogP contribution in [0.25, 0.3) is 5.69 Å². The minimum atomic E-state index is -4.19. The molecule has 0 aliphatic carbocycles. The van der Waals surface area contributed by atoms with Crippen LogP contribution in [0.3, 0.4) is 0 Å². The Morgan fingerprint density at radius 2 is 2.13 bits per heavy atom. The number of halogens is 5. The molecule has 0 radical (unpaired) electrons. The van der Waals surface area contributed by atoms with E-state index in [4.69, 9.17) is 0 Å². The van der Waals surface area contributed by atoms with E-state index in [0.29, 0.717) is 43.3 Å².